The van der Waals surface area contributed by atoms with Gasteiger partial charge in [-0.2, -0.15) is 0 Å². The molecule has 25 heavy (non-hydrogen) atoms. The van der Waals surface area contributed by atoms with Gasteiger partial charge in [-0.1, -0.05) is 26.8 Å². The summed E-state index contributed by atoms with van der Waals surface area (Å²) < 4.78 is 0. The monoisotopic (exact) mass is 357 g/mol. The van der Waals surface area contributed by atoms with Gasteiger partial charge in [-0.15, -0.1) is 11.8 Å². The zero-order chi connectivity index (χ0) is 18.3. The molecule has 1 heterocycles. The van der Waals surface area contributed by atoms with Crippen molar-refractivity contribution >= 4 is 35.1 Å². The van der Waals surface area contributed by atoms with Gasteiger partial charge in [-0.05, 0) is 41.8 Å². The molecule has 5 nitrogen and oxygen atoms in total. The van der Waals surface area contributed by atoms with E-state index in [9.17, 15) is 9.59 Å². The van der Waals surface area contributed by atoms with Gasteiger partial charge in [0.1, 0.15) is 5.82 Å². The molecular weight excluding hydrogens is 334 g/mol. The first-order valence-electron chi connectivity index (χ1n) is 8.05. The lowest BCUT2D eigenvalue weighted by molar-refractivity contribution is -0.118. The van der Waals surface area contributed by atoms with Crippen molar-refractivity contribution in [2.75, 3.05) is 16.4 Å². The van der Waals surface area contributed by atoms with Crippen LogP contribution < -0.4 is 10.6 Å². The number of benzene rings is 1. The second-order valence-corrected chi connectivity index (χ2v) is 7.91. The van der Waals surface area contributed by atoms with E-state index in [4.69, 9.17) is 0 Å². The summed E-state index contributed by atoms with van der Waals surface area (Å²) in [4.78, 5) is 28.8. The molecule has 2 rings (SSSR count). The van der Waals surface area contributed by atoms with Crippen molar-refractivity contribution in [3.8, 4) is 0 Å². The Bertz CT molecular complexity index is 710. The molecule has 6 heteroatoms. The second-order valence-electron chi connectivity index (χ2n) is 6.86. The topological polar surface area (TPSA) is 71.1 Å². The standard InChI is InChI=1S/C19H23N3O2S/c1-19(2,3)12-17(23)21-14-7-9-15(10-8-14)25-13-18(24)22-16-6-4-5-11-20-16/h4-11H,12-13H2,1-3H3,(H,21,23)(H,20,22,24). The average Bonchev–Trinajstić information content (AvgIpc) is 2.53. The van der Waals surface area contributed by atoms with Gasteiger partial charge in [0.15, 0.2) is 0 Å². The second kappa shape index (κ2) is 8.67. The summed E-state index contributed by atoms with van der Waals surface area (Å²) in [5, 5.41) is 5.63. The number of pyridine rings is 1. The molecular formula is C19H23N3O2S. The lowest BCUT2D eigenvalue weighted by Crippen LogP contribution is -2.19. The number of anilines is 2. The van der Waals surface area contributed by atoms with E-state index in [0.717, 1.165) is 10.6 Å². The molecule has 2 amide bonds. The number of aromatic nitrogens is 1. The van der Waals surface area contributed by atoms with Crippen LogP contribution in [0.25, 0.3) is 0 Å². The highest BCUT2D eigenvalue weighted by molar-refractivity contribution is 8.00. The lowest BCUT2D eigenvalue weighted by Gasteiger charge is -2.17. The molecule has 1 aromatic heterocycles. The number of nitrogens with zero attached hydrogens (tertiary/aromatic N) is 1. The fourth-order valence-corrected chi connectivity index (χ4v) is 2.78. The summed E-state index contributed by atoms with van der Waals surface area (Å²) in [6.07, 6.45) is 2.10. The third-order valence-corrected chi connectivity index (χ3v) is 4.14. The van der Waals surface area contributed by atoms with Crippen LogP contribution in [-0.2, 0) is 9.59 Å². The van der Waals surface area contributed by atoms with E-state index < -0.39 is 0 Å². The fraction of sp³-hybridized carbons (Fsp3) is 0.316. The Kier molecular flexibility index (Phi) is 6.58. The third kappa shape index (κ3) is 7.39. The van der Waals surface area contributed by atoms with E-state index in [1.165, 1.54) is 11.8 Å². The highest BCUT2D eigenvalue weighted by Crippen LogP contribution is 2.22. The van der Waals surface area contributed by atoms with Crippen LogP contribution in [0, 0.1) is 5.41 Å². The minimum Gasteiger partial charge on any atom is -0.326 e. The molecule has 2 N–H and O–H groups in total. The summed E-state index contributed by atoms with van der Waals surface area (Å²) in [5.41, 5.74) is 0.720. The van der Waals surface area contributed by atoms with Crippen molar-refractivity contribution in [1.82, 2.24) is 4.98 Å². The lowest BCUT2D eigenvalue weighted by atomic mass is 9.92. The smallest absolute Gasteiger partial charge is 0.235 e. The molecule has 0 aliphatic rings. The summed E-state index contributed by atoms with van der Waals surface area (Å²) in [7, 11) is 0. The van der Waals surface area contributed by atoms with Crippen LogP contribution in [0.15, 0.2) is 53.6 Å². The summed E-state index contributed by atoms with van der Waals surface area (Å²) in [6, 6.07) is 12.8. The van der Waals surface area contributed by atoms with Crippen molar-refractivity contribution in [3.05, 3.63) is 48.7 Å². The number of hydrogen-bond donors (Lipinski definition) is 2. The first-order chi connectivity index (χ1) is 11.8. The van der Waals surface area contributed by atoms with Crippen molar-refractivity contribution in [1.29, 1.82) is 0 Å². The summed E-state index contributed by atoms with van der Waals surface area (Å²) in [6.45, 7) is 6.09. The van der Waals surface area contributed by atoms with Gasteiger partial charge in [0, 0.05) is 23.2 Å². The predicted molar refractivity (Wildman–Crippen MR) is 103 cm³/mol. The maximum absolute atomic E-state index is 11.9. The van der Waals surface area contributed by atoms with Crippen molar-refractivity contribution in [2.45, 2.75) is 32.1 Å². The van der Waals surface area contributed by atoms with Gasteiger partial charge in [0.2, 0.25) is 11.8 Å². The molecule has 132 valence electrons. The highest BCUT2D eigenvalue weighted by atomic mass is 32.2. The number of carbonyl (C=O) groups is 2. The van der Waals surface area contributed by atoms with Crippen LogP contribution in [0.1, 0.15) is 27.2 Å². The van der Waals surface area contributed by atoms with Gasteiger partial charge in [0.25, 0.3) is 0 Å². The molecule has 0 saturated heterocycles. The first-order valence-corrected chi connectivity index (χ1v) is 9.04. The molecule has 0 aliphatic heterocycles. The number of nitrogens with one attached hydrogen (secondary N) is 2. The summed E-state index contributed by atoms with van der Waals surface area (Å²) in [5.74, 6) is 0.741. The van der Waals surface area contributed by atoms with Gasteiger partial charge in [-0.25, -0.2) is 4.98 Å². The van der Waals surface area contributed by atoms with Crippen LogP contribution in [-0.4, -0.2) is 22.6 Å². The molecule has 0 atom stereocenters. The Hall–Kier alpha value is -2.34. The van der Waals surface area contributed by atoms with E-state index in [1.54, 1.807) is 18.3 Å². The van der Waals surface area contributed by atoms with E-state index in [2.05, 4.69) is 15.6 Å². The number of hydrogen-bond acceptors (Lipinski definition) is 4. The molecule has 0 radical (unpaired) electrons. The maximum atomic E-state index is 11.9. The average molecular weight is 357 g/mol. The number of thioether (sulfide) groups is 1. The largest absolute Gasteiger partial charge is 0.326 e. The molecule has 2 aromatic rings. The zero-order valence-corrected chi connectivity index (χ0v) is 15.5. The van der Waals surface area contributed by atoms with Crippen molar-refractivity contribution in [3.63, 3.8) is 0 Å². The minimum absolute atomic E-state index is 0.00245. The van der Waals surface area contributed by atoms with Crippen molar-refractivity contribution in [2.24, 2.45) is 5.41 Å². The molecule has 0 saturated carbocycles. The van der Waals surface area contributed by atoms with Gasteiger partial charge in [-0.3, -0.25) is 9.59 Å². The fourth-order valence-electron chi connectivity index (χ4n) is 2.09. The van der Waals surface area contributed by atoms with Crippen LogP contribution in [0.4, 0.5) is 11.5 Å². The molecule has 0 bridgehead atoms. The number of amides is 2. The maximum Gasteiger partial charge on any atom is 0.235 e. The Labute approximate surface area is 152 Å². The van der Waals surface area contributed by atoms with E-state index >= 15 is 0 Å². The van der Waals surface area contributed by atoms with Crippen LogP contribution >= 0.6 is 11.8 Å². The predicted octanol–water partition coefficient (Wildman–Crippen LogP) is 4.19. The minimum atomic E-state index is -0.105. The first kappa shape index (κ1) is 19.0. The molecule has 0 aliphatic carbocycles. The van der Waals surface area contributed by atoms with Gasteiger partial charge >= 0.3 is 0 Å². The SMILES string of the molecule is CC(C)(C)CC(=O)Nc1ccc(SCC(=O)Nc2ccccn2)cc1. The van der Waals surface area contributed by atoms with Crippen LogP contribution in [0.3, 0.4) is 0 Å². The molecule has 0 unspecified atom stereocenters. The quantitative estimate of drug-likeness (QED) is 0.761. The Morgan fingerprint density at radius 1 is 1.00 bits per heavy atom. The molecule has 0 spiro atoms. The Morgan fingerprint density at radius 3 is 2.32 bits per heavy atom. The summed E-state index contributed by atoms with van der Waals surface area (Å²) >= 11 is 1.43. The zero-order valence-electron chi connectivity index (χ0n) is 14.7. The molecule has 1 aromatic carbocycles. The van der Waals surface area contributed by atoms with E-state index in [-0.39, 0.29) is 17.2 Å². The number of carbonyl (C=O) groups excluding carboxylic acids is 2. The normalized spacial score (nSPS) is 11.0. The van der Waals surface area contributed by atoms with Crippen LogP contribution in [0.5, 0.6) is 0 Å². The Balaban J connectivity index is 1.80. The highest BCUT2D eigenvalue weighted by Gasteiger charge is 2.15. The number of rotatable bonds is 6. The van der Waals surface area contributed by atoms with Crippen LogP contribution in [0.2, 0.25) is 0 Å². The van der Waals surface area contributed by atoms with Gasteiger partial charge in [0.05, 0.1) is 5.75 Å². The van der Waals surface area contributed by atoms with E-state index in [0.29, 0.717) is 18.0 Å². The van der Waals surface area contributed by atoms with Gasteiger partial charge < -0.3 is 10.6 Å². The van der Waals surface area contributed by atoms with Crippen molar-refractivity contribution < 1.29 is 9.59 Å². The Morgan fingerprint density at radius 2 is 1.72 bits per heavy atom. The van der Waals surface area contributed by atoms with E-state index in [1.807, 2.05) is 51.1 Å². The third-order valence-electron chi connectivity index (χ3n) is 3.13. The molecule has 0 fully saturated rings.